The van der Waals surface area contributed by atoms with Gasteiger partial charge in [-0.1, -0.05) is 16.8 Å². The van der Waals surface area contributed by atoms with E-state index in [4.69, 9.17) is 16.1 Å². The fraction of sp³-hybridized carbons (Fsp3) is 0.273. The third-order valence-electron chi connectivity index (χ3n) is 2.42. The lowest BCUT2D eigenvalue weighted by molar-refractivity contribution is 0.347. The van der Waals surface area contributed by atoms with Gasteiger partial charge in [0.1, 0.15) is 5.82 Å². The number of aromatic nitrogens is 2. The van der Waals surface area contributed by atoms with Crippen LogP contribution in [-0.4, -0.2) is 17.2 Å². The number of hydrogen-bond acceptors (Lipinski definition) is 4. The molecule has 0 saturated heterocycles. The maximum Gasteiger partial charge on any atom is 0.243 e. The minimum absolute atomic E-state index is 0.0350. The molecular weight excluding hydrogens is 245 g/mol. The Balaban J connectivity index is 2.33. The molecule has 90 valence electrons. The molecule has 1 atom stereocenters. The summed E-state index contributed by atoms with van der Waals surface area (Å²) < 4.78 is 18.1. The van der Waals surface area contributed by atoms with Crippen LogP contribution in [0.25, 0.3) is 11.4 Å². The summed E-state index contributed by atoms with van der Waals surface area (Å²) in [5.41, 5.74) is 0.620. The predicted molar refractivity (Wildman–Crippen MR) is 62.2 cm³/mol. The van der Waals surface area contributed by atoms with Crippen molar-refractivity contribution in [2.45, 2.75) is 13.0 Å². The molecule has 17 heavy (non-hydrogen) atoms. The molecule has 0 saturated carbocycles. The summed E-state index contributed by atoms with van der Waals surface area (Å²) in [6.07, 6.45) is 0. The van der Waals surface area contributed by atoms with Gasteiger partial charge in [-0.3, -0.25) is 0 Å². The minimum Gasteiger partial charge on any atom is -0.337 e. The molecule has 1 heterocycles. The van der Waals surface area contributed by atoms with Crippen LogP contribution in [0, 0.1) is 5.82 Å². The summed E-state index contributed by atoms with van der Waals surface area (Å²) >= 11 is 5.69. The fourth-order valence-corrected chi connectivity index (χ4v) is 1.47. The average molecular weight is 256 g/mol. The minimum atomic E-state index is -0.470. The third-order valence-corrected chi connectivity index (χ3v) is 2.71. The van der Waals surface area contributed by atoms with Gasteiger partial charge in [-0.15, -0.1) is 0 Å². The highest BCUT2D eigenvalue weighted by molar-refractivity contribution is 6.31. The van der Waals surface area contributed by atoms with Crippen molar-refractivity contribution in [1.82, 2.24) is 15.5 Å². The zero-order chi connectivity index (χ0) is 12.4. The van der Waals surface area contributed by atoms with Crippen LogP contribution in [0.1, 0.15) is 18.9 Å². The first kappa shape index (κ1) is 12.0. The molecule has 6 heteroatoms. The summed E-state index contributed by atoms with van der Waals surface area (Å²) in [5.74, 6) is 0.398. The van der Waals surface area contributed by atoms with Gasteiger partial charge in [-0.05, 0) is 32.2 Å². The van der Waals surface area contributed by atoms with Crippen LogP contribution >= 0.6 is 11.6 Å². The van der Waals surface area contributed by atoms with Gasteiger partial charge in [-0.2, -0.15) is 4.98 Å². The molecule has 0 aliphatic rings. The van der Waals surface area contributed by atoms with Gasteiger partial charge < -0.3 is 9.84 Å². The van der Waals surface area contributed by atoms with E-state index in [1.54, 1.807) is 13.1 Å². The number of benzene rings is 1. The van der Waals surface area contributed by atoms with Gasteiger partial charge in [0.2, 0.25) is 11.7 Å². The standard InChI is InChI=1S/C11H11ClFN3O/c1-6(14-2)11-15-10(16-17-11)7-3-4-9(13)8(12)5-7/h3-6,14H,1-2H3. The number of halogens is 2. The van der Waals surface area contributed by atoms with E-state index < -0.39 is 5.82 Å². The van der Waals surface area contributed by atoms with E-state index in [0.717, 1.165) is 0 Å². The summed E-state index contributed by atoms with van der Waals surface area (Å²) in [6, 6.07) is 4.26. The van der Waals surface area contributed by atoms with Crippen molar-refractivity contribution >= 4 is 11.6 Å². The summed E-state index contributed by atoms with van der Waals surface area (Å²) in [7, 11) is 1.79. The topological polar surface area (TPSA) is 51.0 Å². The zero-order valence-electron chi connectivity index (χ0n) is 9.37. The maximum absolute atomic E-state index is 13.0. The van der Waals surface area contributed by atoms with E-state index in [9.17, 15) is 4.39 Å². The number of hydrogen-bond donors (Lipinski definition) is 1. The molecule has 0 fully saturated rings. The van der Waals surface area contributed by atoms with Crippen molar-refractivity contribution in [1.29, 1.82) is 0 Å². The van der Waals surface area contributed by atoms with Crippen molar-refractivity contribution in [3.8, 4) is 11.4 Å². The first-order valence-corrected chi connectivity index (χ1v) is 5.46. The van der Waals surface area contributed by atoms with E-state index in [2.05, 4.69) is 15.5 Å². The molecule has 0 aliphatic heterocycles. The van der Waals surface area contributed by atoms with Crippen LogP contribution in [0.2, 0.25) is 5.02 Å². The van der Waals surface area contributed by atoms with Crippen molar-refractivity contribution in [2.24, 2.45) is 0 Å². The third kappa shape index (κ3) is 2.45. The molecule has 1 N–H and O–H groups in total. The average Bonchev–Trinajstić information content (AvgIpc) is 2.81. The number of nitrogens with one attached hydrogen (secondary N) is 1. The molecular formula is C11H11ClFN3O. The number of rotatable bonds is 3. The Hall–Kier alpha value is -1.46. The Morgan fingerprint density at radius 1 is 1.47 bits per heavy atom. The van der Waals surface area contributed by atoms with Crippen molar-refractivity contribution in [3.63, 3.8) is 0 Å². The van der Waals surface area contributed by atoms with Crippen LogP contribution in [0.5, 0.6) is 0 Å². The maximum atomic E-state index is 13.0. The molecule has 2 rings (SSSR count). The molecule has 0 aliphatic carbocycles. The molecule has 1 aromatic carbocycles. The lowest BCUT2D eigenvalue weighted by atomic mass is 10.2. The second-order valence-electron chi connectivity index (χ2n) is 3.60. The largest absolute Gasteiger partial charge is 0.337 e. The number of nitrogens with zero attached hydrogens (tertiary/aromatic N) is 2. The van der Waals surface area contributed by atoms with E-state index >= 15 is 0 Å². The molecule has 0 amide bonds. The van der Waals surface area contributed by atoms with Crippen molar-refractivity contribution in [2.75, 3.05) is 7.05 Å². The highest BCUT2D eigenvalue weighted by Gasteiger charge is 2.14. The van der Waals surface area contributed by atoms with E-state index in [-0.39, 0.29) is 11.1 Å². The normalized spacial score (nSPS) is 12.7. The lowest BCUT2D eigenvalue weighted by Gasteiger charge is -2.01. The van der Waals surface area contributed by atoms with Crippen molar-refractivity contribution < 1.29 is 8.91 Å². The van der Waals surface area contributed by atoms with Crippen LogP contribution in [0.15, 0.2) is 22.7 Å². The van der Waals surface area contributed by atoms with Gasteiger partial charge in [0.05, 0.1) is 11.1 Å². The zero-order valence-corrected chi connectivity index (χ0v) is 10.1. The highest BCUT2D eigenvalue weighted by Crippen LogP contribution is 2.23. The van der Waals surface area contributed by atoms with Gasteiger partial charge in [0.25, 0.3) is 0 Å². The highest BCUT2D eigenvalue weighted by atomic mass is 35.5. The SMILES string of the molecule is CNC(C)c1nc(-c2ccc(F)c(Cl)c2)no1. The van der Waals surface area contributed by atoms with E-state index in [1.807, 2.05) is 6.92 Å². The first-order valence-electron chi connectivity index (χ1n) is 5.08. The Labute approximate surface area is 103 Å². The van der Waals surface area contributed by atoms with Crippen LogP contribution in [0.3, 0.4) is 0 Å². The van der Waals surface area contributed by atoms with Gasteiger partial charge >= 0.3 is 0 Å². The summed E-state index contributed by atoms with van der Waals surface area (Å²) in [5, 5.41) is 6.84. The Bertz CT molecular complexity index is 529. The fourth-order valence-electron chi connectivity index (χ4n) is 1.29. The first-order chi connectivity index (χ1) is 8.11. The van der Waals surface area contributed by atoms with E-state index in [0.29, 0.717) is 17.3 Å². The molecule has 0 bridgehead atoms. The molecule has 1 aromatic heterocycles. The monoisotopic (exact) mass is 255 g/mol. The smallest absolute Gasteiger partial charge is 0.243 e. The van der Waals surface area contributed by atoms with Crippen LogP contribution in [0.4, 0.5) is 4.39 Å². The second kappa shape index (κ2) is 4.81. The second-order valence-corrected chi connectivity index (χ2v) is 4.00. The van der Waals surface area contributed by atoms with Crippen LogP contribution in [-0.2, 0) is 0 Å². The Kier molecular flexibility index (Phi) is 3.40. The molecule has 1 unspecified atom stereocenters. The van der Waals surface area contributed by atoms with Gasteiger partial charge in [0.15, 0.2) is 0 Å². The quantitative estimate of drug-likeness (QED) is 0.916. The van der Waals surface area contributed by atoms with Gasteiger partial charge in [0, 0.05) is 5.56 Å². The van der Waals surface area contributed by atoms with Crippen LogP contribution < -0.4 is 5.32 Å². The molecule has 2 aromatic rings. The summed E-state index contributed by atoms with van der Waals surface area (Å²) in [6.45, 7) is 1.90. The molecule has 0 radical (unpaired) electrons. The predicted octanol–water partition coefficient (Wildman–Crippen LogP) is 2.81. The van der Waals surface area contributed by atoms with Gasteiger partial charge in [-0.25, -0.2) is 4.39 Å². The summed E-state index contributed by atoms with van der Waals surface area (Å²) in [4.78, 5) is 4.20. The van der Waals surface area contributed by atoms with E-state index in [1.165, 1.54) is 12.1 Å². The molecule has 4 nitrogen and oxygen atoms in total. The Morgan fingerprint density at radius 3 is 2.88 bits per heavy atom. The Morgan fingerprint density at radius 2 is 2.24 bits per heavy atom. The molecule has 0 spiro atoms. The van der Waals surface area contributed by atoms with Crippen molar-refractivity contribution in [3.05, 3.63) is 34.9 Å². The lowest BCUT2D eigenvalue weighted by Crippen LogP contribution is -2.12.